The summed E-state index contributed by atoms with van der Waals surface area (Å²) >= 11 is 0. The number of hydrogen-bond acceptors (Lipinski definition) is 7. The van der Waals surface area contributed by atoms with E-state index in [0.717, 1.165) is 24.3 Å². The van der Waals surface area contributed by atoms with Crippen LogP contribution in [0.1, 0.15) is 24.8 Å². The highest BCUT2D eigenvalue weighted by Crippen LogP contribution is 2.65. The quantitative estimate of drug-likeness (QED) is 0.638. The molecule has 1 aromatic rings. The van der Waals surface area contributed by atoms with Crippen molar-refractivity contribution in [2.45, 2.75) is 48.5 Å². The molecule has 0 unspecified atom stereocenters. The maximum atomic E-state index is 14.2. The average Bonchev–Trinajstić information content (AvgIpc) is 3.39. The lowest BCUT2D eigenvalue weighted by Crippen LogP contribution is -2.67. The number of likely N-dealkylation sites (N-methyl/N-ethyl adjacent to an activating group) is 1. The Morgan fingerprint density at radius 1 is 1.12 bits per heavy atom. The Labute approximate surface area is 186 Å². The Bertz CT molecular complexity index is 1060. The Morgan fingerprint density at radius 2 is 1.91 bits per heavy atom. The van der Waals surface area contributed by atoms with Crippen molar-refractivity contribution in [3.05, 3.63) is 17.7 Å². The number of anilines is 1. The Balaban J connectivity index is 1.52. The normalized spacial score (nSPS) is 43.6. The summed E-state index contributed by atoms with van der Waals surface area (Å²) in [5.74, 6) is 1.53. The number of fused-ring (bicyclic) bond motifs is 2. The minimum atomic E-state index is -0.762. The Morgan fingerprint density at radius 3 is 2.69 bits per heavy atom. The second kappa shape index (κ2) is 6.04. The zero-order chi connectivity index (χ0) is 22.0. The van der Waals surface area contributed by atoms with Gasteiger partial charge >= 0.3 is 0 Å². The van der Waals surface area contributed by atoms with Crippen LogP contribution in [0.2, 0.25) is 0 Å². The fourth-order valence-corrected chi connectivity index (χ4v) is 7.82. The molecule has 0 aromatic heterocycles. The zero-order valence-electron chi connectivity index (χ0n) is 18.6. The summed E-state index contributed by atoms with van der Waals surface area (Å²) in [5.41, 5.74) is 0.582. The SMILES string of the molecule is COc1cc2c(cc1OC)[C@@]13CCN(C)C[C@@]45O[C@@H]4CO[C@H]4CC(=O)N2[C@H]1[C@H]4[C@H]5CC3=O. The van der Waals surface area contributed by atoms with Crippen LogP contribution in [0.4, 0.5) is 5.69 Å². The smallest absolute Gasteiger partial charge is 0.229 e. The number of amides is 1. The molecule has 0 radical (unpaired) electrons. The molecule has 6 aliphatic rings. The minimum Gasteiger partial charge on any atom is -0.493 e. The van der Waals surface area contributed by atoms with Crippen molar-refractivity contribution in [2.75, 3.05) is 45.9 Å². The van der Waals surface area contributed by atoms with Crippen molar-refractivity contribution in [3.63, 3.8) is 0 Å². The topological polar surface area (TPSA) is 80.8 Å². The van der Waals surface area contributed by atoms with E-state index in [9.17, 15) is 9.59 Å². The summed E-state index contributed by atoms with van der Waals surface area (Å²) in [6, 6.07) is 3.57. The molecule has 4 saturated heterocycles. The van der Waals surface area contributed by atoms with Crippen LogP contribution in [-0.4, -0.2) is 81.4 Å². The van der Waals surface area contributed by atoms with Crippen LogP contribution in [0.15, 0.2) is 12.1 Å². The van der Waals surface area contributed by atoms with Crippen LogP contribution >= 0.6 is 0 Å². The summed E-state index contributed by atoms with van der Waals surface area (Å²) in [6.45, 7) is 2.07. The van der Waals surface area contributed by atoms with E-state index in [-0.39, 0.29) is 47.4 Å². The van der Waals surface area contributed by atoms with Gasteiger partial charge in [-0.05, 0) is 31.6 Å². The third kappa shape index (κ3) is 2.05. The first-order valence-electron chi connectivity index (χ1n) is 11.5. The highest BCUT2D eigenvalue weighted by Gasteiger charge is 2.75. The lowest BCUT2D eigenvalue weighted by molar-refractivity contribution is -0.144. The monoisotopic (exact) mass is 440 g/mol. The van der Waals surface area contributed by atoms with Crippen molar-refractivity contribution in [2.24, 2.45) is 11.8 Å². The molecule has 1 spiro atoms. The van der Waals surface area contributed by atoms with E-state index in [1.165, 1.54) is 0 Å². The number of carbonyl (C=O) groups is 2. The molecule has 1 aliphatic carbocycles. The molecule has 8 nitrogen and oxygen atoms in total. The lowest BCUT2D eigenvalue weighted by Gasteiger charge is -2.53. The van der Waals surface area contributed by atoms with Crippen molar-refractivity contribution < 1.29 is 28.5 Å². The van der Waals surface area contributed by atoms with E-state index in [1.54, 1.807) is 14.2 Å². The Kier molecular flexibility index (Phi) is 3.65. The molecule has 170 valence electrons. The van der Waals surface area contributed by atoms with Gasteiger partial charge in [0.1, 0.15) is 17.5 Å². The second-order valence-corrected chi connectivity index (χ2v) is 10.3. The number of hydrogen-bond donors (Lipinski definition) is 0. The number of Topliss-reactive ketones (excluding diaryl/α,β-unsaturated/α-hetero) is 1. The van der Waals surface area contributed by atoms with Crippen molar-refractivity contribution in [1.29, 1.82) is 0 Å². The number of nitrogens with zero attached hydrogens (tertiary/aromatic N) is 2. The van der Waals surface area contributed by atoms with Crippen LogP contribution in [0.3, 0.4) is 0 Å². The predicted molar refractivity (Wildman–Crippen MR) is 113 cm³/mol. The molecular weight excluding hydrogens is 412 g/mol. The molecule has 0 N–H and O–H groups in total. The zero-order valence-corrected chi connectivity index (χ0v) is 18.6. The maximum absolute atomic E-state index is 14.2. The van der Waals surface area contributed by atoms with Gasteiger partial charge in [-0.2, -0.15) is 0 Å². The van der Waals surface area contributed by atoms with E-state index in [1.807, 2.05) is 17.0 Å². The molecule has 1 amide bonds. The first-order chi connectivity index (χ1) is 15.4. The fourth-order valence-electron chi connectivity index (χ4n) is 7.82. The number of piperidine rings is 1. The molecule has 32 heavy (non-hydrogen) atoms. The number of ether oxygens (including phenoxy) is 4. The highest BCUT2D eigenvalue weighted by atomic mass is 16.6. The predicted octanol–water partition coefficient (Wildman–Crippen LogP) is 1.14. The fraction of sp³-hybridized carbons (Fsp3) is 0.667. The summed E-state index contributed by atoms with van der Waals surface area (Å²) < 4.78 is 23.8. The largest absolute Gasteiger partial charge is 0.493 e. The Hall–Kier alpha value is -2.16. The molecule has 5 aliphatic heterocycles. The summed E-state index contributed by atoms with van der Waals surface area (Å²) in [4.78, 5) is 31.9. The number of epoxide rings is 1. The van der Waals surface area contributed by atoms with Crippen LogP contribution < -0.4 is 14.4 Å². The van der Waals surface area contributed by atoms with Gasteiger partial charge in [-0.1, -0.05) is 0 Å². The van der Waals surface area contributed by atoms with Gasteiger partial charge in [0, 0.05) is 30.9 Å². The highest BCUT2D eigenvalue weighted by molar-refractivity contribution is 6.06. The van der Waals surface area contributed by atoms with Crippen LogP contribution in [0.25, 0.3) is 0 Å². The number of ketones is 1. The molecule has 5 fully saturated rings. The van der Waals surface area contributed by atoms with Gasteiger partial charge in [-0.3, -0.25) is 9.59 Å². The van der Waals surface area contributed by atoms with Gasteiger partial charge in [-0.15, -0.1) is 0 Å². The van der Waals surface area contributed by atoms with Crippen LogP contribution in [-0.2, 0) is 24.5 Å². The summed E-state index contributed by atoms with van der Waals surface area (Å²) in [6.07, 6.45) is 1.31. The van der Waals surface area contributed by atoms with E-state index in [4.69, 9.17) is 18.9 Å². The van der Waals surface area contributed by atoms with Crippen molar-refractivity contribution in [1.82, 2.24) is 4.90 Å². The lowest BCUT2D eigenvalue weighted by atomic mass is 9.54. The molecule has 7 atom stereocenters. The molecule has 1 saturated carbocycles. The third-order valence-electron chi connectivity index (χ3n) is 9.17. The van der Waals surface area contributed by atoms with Crippen LogP contribution in [0.5, 0.6) is 11.5 Å². The first kappa shape index (κ1) is 19.3. The van der Waals surface area contributed by atoms with E-state index in [2.05, 4.69) is 11.9 Å². The number of benzene rings is 1. The van der Waals surface area contributed by atoms with E-state index < -0.39 is 5.41 Å². The molecule has 4 bridgehead atoms. The summed E-state index contributed by atoms with van der Waals surface area (Å²) in [5, 5.41) is 0. The maximum Gasteiger partial charge on any atom is 0.229 e. The van der Waals surface area contributed by atoms with Gasteiger partial charge in [0.05, 0.1) is 50.5 Å². The summed E-state index contributed by atoms with van der Waals surface area (Å²) in [7, 11) is 5.31. The standard InChI is InChI=1S/C24H28N2O6/c1-25-5-4-23-12-6-15(29-2)16(30-3)8-14(12)26-20(28)9-17-21(22(23)26)13(7-18(23)27)24(11-25)19(32-24)10-31-17/h6,8,13,17,19,21-22H,4-5,7,9-11H2,1-3H3/t13-,17+,19-,21+,22+,23-,24+/m1/s1. The van der Waals surface area contributed by atoms with Crippen LogP contribution in [0, 0.1) is 11.8 Å². The average molecular weight is 440 g/mol. The van der Waals surface area contributed by atoms with Gasteiger partial charge in [0.2, 0.25) is 5.91 Å². The second-order valence-electron chi connectivity index (χ2n) is 10.3. The third-order valence-corrected chi connectivity index (χ3v) is 9.17. The van der Waals surface area contributed by atoms with Gasteiger partial charge in [0.25, 0.3) is 0 Å². The molecule has 8 heteroatoms. The van der Waals surface area contributed by atoms with Crippen molar-refractivity contribution >= 4 is 17.4 Å². The number of rotatable bonds is 2. The molecule has 7 rings (SSSR count). The van der Waals surface area contributed by atoms with E-state index in [0.29, 0.717) is 37.4 Å². The molecular formula is C24H28N2O6. The number of methoxy groups -OCH3 is 2. The molecule has 5 heterocycles. The van der Waals surface area contributed by atoms with Gasteiger partial charge in [-0.25, -0.2) is 0 Å². The number of carbonyl (C=O) groups excluding carboxylic acids is 2. The van der Waals surface area contributed by atoms with Gasteiger partial charge in [0.15, 0.2) is 11.5 Å². The van der Waals surface area contributed by atoms with E-state index >= 15 is 0 Å². The first-order valence-corrected chi connectivity index (χ1v) is 11.5. The molecule has 1 aromatic carbocycles. The van der Waals surface area contributed by atoms with Gasteiger partial charge < -0.3 is 28.7 Å². The van der Waals surface area contributed by atoms with Crippen molar-refractivity contribution in [3.8, 4) is 11.5 Å². The minimum absolute atomic E-state index is 0.00599.